The molecule has 1 heterocycles. The second-order valence-electron chi connectivity index (χ2n) is 9.22. The molecule has 1 aliphatic carbocycles. The lowest BCUT2D eigenvalue weighted by Crippen LogP contribution is -2.38. The van der Waals surface area contributed by atoms with E-state index in [2.05, 4.69) is 22.4 Å². The fourth-order valence-electron chi connectivity index (χ4n) is 4.18. The van der Waals surface area contributed by atoms with Crippen molar-refractivity contribution in [1.29, 1.82) is 0 Å². The molecule has 1 amide bonds. The second kappa shape index (κ2) is 12.7. The average molecular weight is 455 g/mol. The molecule has 0 saturated heterocycles. The molecule has 2 N–H and O–H groups in total. The number of nitrogens with zero attached hydrogens (tertiary/aromatic N) is 3. The standard InChI is InChI=1S/C26H38N4O3/c1-4-5-11-24-23(16-25(29-28-24)26(32)27-17-20(31)18-30(2)3)19-12-14-22(15-13-19)33-21-9-7-6-8-10-21/h12-16,20-21,31H,4-11,17-18H2,1-3H3,(H,27,32)/t20-/m1/s1. The molecular weight excluding hydrogens is 416 g/mol. The van der Waals surface area contributed by atoms with Gasteiger partial charge in [-0.3, -0.25) is 4.79 Å². The molecule has 1 aromatic carbocycles. The Morgan fingerprint density at radius 1 is 1.18 bits per heavy atom. The number of likely N-dealkylation sites (N-methyl/N-ethyl adjacent to an activating group) is 1. The zero-order valence-electron chi connectivity index (χ0n) is 20.2. The van der Waals surface area contributed by atoms with E-state index in [1.165, 1.54) is 19.3 Å². The van der Waals surface area contributed by atoms with E-state index in [-0.39, 0.29) is 18.1 Å². The van der Waals surface area contributed by atoms with Gasteiger partial charge in [0.25, 0.3) is 5.91 Å². The number of hydrogen-bond acceptors (Lipinski definition) is 6. The molecule has 1 saturated carbocycles. The van der Waals surface area contributed by atoms with E-state index >= 15 is 0 Å². The molecule has 0 unspecified atom stereocenters. The number of ether oxygens (including phenoxy) is 1. The predicted octanol–water partition coefficient (Wildman–Crippen LogP) is 3.85. The quantitative estimate of drug-likeness (QED) is 0.536. The Kier molecular flexibility index (Phi) is 9.63. The van der Waals surface area contributed by atoms with E-state index in [1.807, 2.05) is 49.3 Å². The predicted molar refractivity (Wildman–Crippen MR) is 130 cm³/mol. The minimum Gasteiger partial charge on any atom is -0.490 e. The third-order valence-corrected chi connectivity index (χ3v) is 5.96. The monoisotopic (exact) mass is 454 g/mol. The van der Waals surface area contributed by atoms with E-state index < -0.39 is 6.10 Å². The third kappa shape index (κ3) is 7.79. The number of hydrogen-bond donors (Lipinski definition) is 2. The highest BCUT2D eigenvalue weighted by Gasteiger charge is 2.17. The molecule has 1 atom stereocenters. The normalized spacial score (nSPS) is 15.4. The Hall–Kier alpha value is -2.51. The maximum atomic E-state index is 12.7. The van der Waals surface area contributed by atoms with Gasteiger partial charge in [0.15, 0.2) is 5.69 Å². The van der Waals surface area contributed by atoms with Crippen LogP contribution in [0.4, 0.5) is 0 Å². The Bertz CT molecular complexity index is 880. The van der Waals surface area contributed by atoms with Crippen molar-refractivity contribution in [2.75, 3.05) is 27.2 Å². The van der Waals surface area contributed by atoms with E-state index in [0.717, 1.165) is 54.7 Å². The number of carbonyl (C=O) groups is 1. The van der Waals surface area contributed by atoms with Gasteiger partial charge in [0.2, 0.25) is 0 Å². The maximum Gasteiger partial charge on any atom is 0.271 e. The zero-order chi connectivity index (χ0) is 23.6. The Balaban J connectivity index is 1.74. The summed E-state index contributed by atoms with van der Waals surface area (Å²) in [4.78, 5) is 14.5. The number of unbranched alkanes of at least 4 members (excludes halogenated alkanes) is 1. The molecule has 1 fully saturated rings. The van der Waals surface area contributed by atoms with Gasteiger partial charge in [0.05, 0.1) is 17.9 Å². The van der Waals surface area contributed by atoms with Crippen LogP contribution in [-0.4, -0.2) is 65.5 Å². The SMILES string of the molecule is CCCCc1nnc(C(=O)NC[C@@H](O)CN(C)C)cc1-c1ccc(OC2CCCCC2)cc1. The van der Waals surface area contributed by atoms with Crippen molar-refractivity contribution in [3.05, 3.63) is 41.7 Å². The smallest absolute Gasteiger partial charge is 0.271 e. The number of aliphatic hydroxyl groups is 1. The second-order valence-corrected chi connectivity index (χ2v) is 9.22. The van der Waals surface area contributed by atoms with Crippen molar-refractivity contribution in [3.8, 4) is 16.9 Å². The van der Waals surface area contributed by atoms with Gasteiger partial charge in [-0.15, -0.1) is 5.10 Å². The molecule has 1 aliphatic rings. The first-order chi connectivity index (χ1) is 16.0. The van der Waals surface area contributed by atoms with E-state index in [9.17, 15) is 9.90 Å². The van der Waals surface area contributed by atoms with E-state index in [4.69, 9.17) is 4.74 Å². The number of benzene rings is 1. The van der Waals surface area contributed by atoms with Crippen molar-refractivity contribution in [2.24, 2.45) is 0 Å². The van der Waals surface area contributed by atoms with Gasteiger partial charge in [-0.25, -0.2) is 0 Å². The van der Waals surface area contributed by atoms with Gasteiger partial charge >= 0.3 is 0 Å². The van der Waals surface area contributed by atoms with Crippen LogP contribution >= 0.6 is 0 Å². The van der Waals surface area contributed by atoms with Crippen molar-refractivity contribution in [2.45, 2.75) is 70.5 Å². The summed E-state index contributed by atoms with van der Waals surface area (Å²) in [5, 5.41) is 21.4. The summed E-state index contributed by atoms with van der Waals surface area (Å²) < 4.78 is 6.17. The van der Waals surface area contributed by atoms with Crippen LogP contribution in [0.2, 0.25) is 0 Å². The van der Waals surface area contributed by atoms with Crippen molar-refractivity contribution < 1.29 is 14.6 Å². The lowest BCUT2D eigenvalue weighted by molar-refractivity contribution is 0.0886. The summed E-state index contributed by atoms with van der Waals surface area (Å²) in [6.45, 7) is 2.78. The molecule has 180 valence electrons. The third-order valence-electron chi connectivity index (χ3n) is 5.96. The fraction of sp³-hybridized carbons (Fsp3) is 0.577. The number of aryl methyl sites for hydroxylation is 1. The summed E-state index contributed by atoms with van der Waals surface area (Å²) in [6.07, 6.45) is 8.57. The van der Waals surface area contributed by atoms with Crippen LogP contribution in [0.15, 0.2) is 30.3 Å². The molecule has 0 radical (unpaired) electrons. The highest BCUT2D eigenvalue weighted by molar-refractivity contribution is 5.93. The summed E-state index contributed by atoms with van der Waals surface area (Å²) in [5.74, 6) is 0.552. The Morgan fingerprint density at radius 3 is 2.58 bits per heavy atom. The largest absolute Gasteiger partial charge is 0.490 e. The van der Waals surface area contributed by atoms with Crippen LogP contribution in [0.25, 0.3) is 11.1 Å². The molecule has 0 spiro atoms. The maximum absolute atomic E-state index is 12.7. The van der Waals surface area contributed by atoms with Gasteiger partial charge < -0.3 is 20.1 Å². The molecule has 7 heteroatoms. The van der Waals surface area contributed by atoms with Gasteiger partial charge in [-0.2, -0.15) is 5.10 Å². The van der Waals surface area contributed by atoms with Crippen molar-refractivity contribution in [1.82, 2.24) is 20.4 Å². The minimum atomic E-state index is -0.642. The highest BCUT2D eigenvalue weighted by Crippen LogP contribution is 2.28. The first kappa shape index (κ1) is 25.1. The van der Waals surface area contributed by atoms with Gasteiger partial charge in [-0.1, -0.05) is 31.9 Å². The van der Waals surface area contributed by atoms with Gasteiger partial charge in [-0.05, 0) is 76.4 Å². The lowest BCUT2D eigenvalue weighted by atomic mass is 9.97. The minimum absolute atomic E-state index is 0.165. The number of amides is 1. The van der Waals surface area contributed by atoms with Crippen molar-refractivity contribution >= 4 is 5.91 Å². The lowest BCUT2D eigenvalue weighted by Gasteiger charge is -2.23. The van der Waals surface area contributed by atoms with Gasteiger partial charge in [0.1, 0.15) is 5.75 Å². The highest BCUT2D eigenvalue weighted by atomic mass is 16.5. The molecule has 33 heavy (non-hydrogen) atoms. The molecule has 3 rings (SSSR count). The first-order valence-electron chi connectivity index (χ1n) is 12.2. The number of nitrogens with one attached hydrogen (secondary N) is 1. The molecule has 1 aromatic heterocycles. The zero-order valence-corrected chi connectivity index (χ0v) is 20.2. The Labute approximate surface area is 197 Å². The number of carbonyl (C=O) groups excluding carboxylic acids is 1. The number of rotatable bonds is 11. The Morgan fingerprint density at radius 2 is 1.91 bits per heavy atom. The van der Waals surface area contributed by atoms with Crippen molar-refractivity contribution in [3.63, 3.8) is 0 Å². The fourth-order valence-corrected chi connectivity index (χ4v) is 4.18. The summed E-state index contributed by atoms with van der Waals surface area (Å²) in [5.41, 5.74) is 3.06. The average Bonchev–Trinajstić information content (AvgIpc) is 2.82. The summed E-state index contributed by atoms with van der Waals surface area (Å²) in [6, 6.07) is 9.89. The molecular formula is C26H38N4O3. The van der Waals surface area contributed by atoms with E-state index in [0.29, 0.717) is 12.6 Å². The number of aromatic nitrogens is 2. The van der Waals surface area contributed by atoms with Crippen LogP contribution in [0.1, 0.15) is 68.1 Å². The van der Waals surface area contributed by atoms with E-state index in [1.54, 1.807) is 0 Å². The first-order valence-corrected chi connectivity index (χ1v) is 12.2. The molecule has 0 bridgehead atoms. The molecule has 0 aliphatic heterocycles. The van der Waals surface area contributed by atoms with Crippen LogP contribution in [0.3, 0.4) is 0 Å². The topological polar surface area (TPSA) is 87.6 Å². The van der Waals surface area contributed by atoms with Crippen LogP contribution < -0.4 is 10.1 Å². The number of aliphatic hydroxyl groups excluding tert-OH is 1. The molecule has 7 nitrogen and oxygen atoms in total. The van der Waals surface area contributed by atoms with Crippen LogP contribution in [0, 0.1) is 0 Å². The summed E-state index contributed by atoms with van der Waals surface area (Å²) >= 11 is 0. The van der Waals surface area contributed by atoms with Crippen LogP contribution in [0.5, 0.6) is 5.75 Å². The van der Waals surface area contributed by atoms with Gasteiger partial charge in [0, 0.05) is 18.7 Å². The summed E-state index contributed by atoms with van der Waals surface area (Å²) in [7, 11) is 3.76. The molecule has 2 aromatic rings. The van der Waals surface area contributed by atoms with Crippen LogP contribution in [-0.2, 0) is 6.42 Å².